The average Bonchev–Trinajstić information content (AvgIpc) is 2.17. The highest BCUT2D eigenvalue weighted by Gasteiger charge is 2.08. The lowest BCUT2D eigenvalue weighted by molar-refractivity contribution is 0.565. The van der Waals surface area contributed by atoms with E-state index in [0.29, 0.717) is 15.9 Å². The SMILES string of the molecule is O=S(O)c1cccc2c(Cl)ccnc12. The van der Waals surface area contributed by atoms with Crippen molar-refractivity contribution in [3.05, 3.63) is 35.5 Å². The molecule has 0 aliphatic heterocycles. The molecule has 5 heteroatoms. The summed E-state index contributed by atoms with van der Waals surface area (Å²) in [7, 11) is 0. The summed E-state index contributed by atoms with van der Waals surface area (Å²) in [5.74, 6) is 0. The van der Waals surface area contributed by atoms with Gasteiger partial charge in [0.1, 0.15) is 0 Å². The molecule has 1 unspecified atom stereocenters. The van der Waals surface area contributed by atoms with Crippen molar-refractivity contribution in [3.63, 3.8) is 0 Å². The summed E-state index contributed by atoms with van der Waals surface area (Å²) in [5.41, 5.74) is 0.473. The molecule has 1 aromatic carbocycles. The minimum Gasteiger partial charge on any atom is -0.302 e. The maximum atomic E-state index is 11.0. The average molecular weight is 228 g/mol. The van der Waals surface area contributed by atoms with Crippen molar-refractivity contribution < 1.29 is 8.76 Å². The van der Waals surface area contributed by atoms with Crippen LogP contribution in [0.2, 0.25) is 5.02 Å². The van der Waals surface area contributed by atoms with Gasteiger partial charge in [-0.2, -0.15) is 0 Å². The van der Waals surface area contributed by atoms with Gasteiger partial charge in [-0.05, 0) is 12.1 Å². The number of fused-ring (bicyclic) bond motifs is 1. The van der Waals surface area contributed by atoms with Crippen LogP contribution in [0.1, 0.15) is 0 Å². The molecule has 0 aliphatic rings. The molecule has 14 heavy (non-hydrogen) atoms. The molecule has 0 saturated carbocycles. The number of aromatic nitrogens is 1. The molecule has 72 valence electrons. The zero-order chi connectivity index (χ0) is 10.1. The minimum absolute atomic E-state index is 0.282. The highest BCUT2D eigenvalue weighted by molar-refractivity contribution is 7.79. The first-order valence-electron chi connectivity index (χ1n) is 3.84. The van der Waals surface area contributed by atoms with Gasteiger partial charge in [0.15, 0.2) is 11.1 Å². The molecule has 1 atom stereocenters. The fourth-order valence-corrected chi connectivity index (χ4v) is 1.99. The van der Waals surface area contributed by atoms with Gasteiger partial charge in [-0.15, -0.1) is 0 Å². The van der Waals surface area contributed by atoms with Crippen molar-refractivity contribution in [2.75, 3.05) is 0 Å². The Balaban J connectivity index is 2.88. The number of benzene rings is 1. The number of halogens is 1. The molecule has 0 spiro atoms. The molecule has 0 bridgehead atoms. The van der Waals surface area contributed by atoms with Crippen molar-refractivity contribution in [2.45, 2.75) is 4.90 Å². The van der Waals surface area contributed by atoms with Gasteiger partial charge < -0.3 is 4.55 Å². The van der Waals surface area contributed by atoms with Crippen molar-refractivity contribution >= 4 is 33.6 Å². The predicted molar refractivity (Wildman–Crippen MR) is 55.8 cm³/mol. The van der Waals surface area contributed by atoms with E-state index in [9.17, 15) is 4.21 Å². The van der Waals surface area contributed by atoms with E-state index < -0.39 is 11.1 Å². The predicted octanol–water partition coefficient (Wildman–Crippen LogP) is 2.47. The Bertz CT molecular complexity index is 515. The van der Waals surface area contributed by atoms with Gasteiger partial charge in [-0.25, -0.2) is 4.21 Å². The van der Waals surface area contributed by atoms with Crippen LogP contribution in [-0.2, 0) is 11.1 Å². The van der Waals surface area contributed by atoms with Gasteiger partial charge in [0, 0.05) is 11.6 Å². The van der Waals surface area contributed by atoms with Gasteiger partial charge >= 0.3 is 0 Å². The Hall–Kier alpha value is -0.970. The van der Waals surface area contributed by atoms with Gasteiger partial charge in [0.25, 0.3) is 0 Å². The summed E-state index contributed by atoms with van der Waals surface area (Å²) >= 11 is 3.88. The lowest BCUT2D eigenvalue weighted by atomic mass is 10.2. The van der Waals surface area contributed by atoms with Crippen molar-refractivity contribution in [1.29, 1.82) is 0 Å². The van der Waals surface area contributed by atoms with E-state index in [2.05, 4.69) is 4.98 Å². The van der Waals surface area contributed by atoms with E-state index in [1.54, 1.807) is 24.3 Å². The Morgan fingerprint density at radius 2 is 2.14 bits per heavy atom. The molecule has 2 aromatic rings. The standard InChI is InChI=1S/C9H6ClNO2S/c10-7-4-5-11-9-6(7)2-1-3-8(9)14(12)13/h1-5H,(H,12,13). The highest BCUT2D eigenvalue weighted by Crippen LogP contribution is 2.25. The molecule has 2 rings (SSSR count). The van der Waals surface area contributed by atoms with Crippen LogP contribution in [0.4, 0.5) is 0 Å². The number of para-hydroxylation sites is 1. The van der Waals surface area contributed by atoms with Gasteiger partial charge in [0.05, 0.1) is 15.4 Å². The third kappa shape index (κ3) is 1.52. The van der Waals surface area contributed by atoms with E-state index in [0.717, 1.165) is 0 Å². The third-order valence-corrected chi connectivity index (χ3v) is 2.90. The van der Waals surface area contributed by atoms with E-state index >= 15 is 0 Å². The lowest BCUT2D eigenvalue weighted by Gasteiger charge is -2.02. The molecule has 0 radical (unpaired) electrons. The maximum absolute atomic E-state index is 11.0. The van der Waals surface area contributed by atoms with Crippen molar-refractivity contribution in [2.24, 2.45) is 0 Å². The van der Waals surface area contributed by atoms with Crippen LogP contribution in [-0.4, -0.2) is 13.7 Å². The number of rotatable bonds is 1. The van der Waals surface area contributed by atoms with Crippen LogP contribution in [0.5, 0.6) is 0 Å². The topological polar surface area (TPSA) is 50.2 Å². The molecular formula is C9H6ClNO2S. The van der Waals surface area contributed by atoms with Crippen LogP contribution in [0.15, 0.2) is 35.4 Å². The quantitative estimate of drug-likeness (QED) is 0.762. The van der Waals surface area contributed by atoms with Gasteiger partial charge in [-0.1, -0.05) is 23.7 Å². The molecule has 1 aromatic heterocycles. The van der Waals surface area contributed by atoms with Crippen molar-refractivity contribution in [1.82, 2.24) is 4.98 Å². The van der Waals surface area contributed by atoms with Crippen LogP contribution in [0, 0.1) is 0 Å². The van der Waals surface area contributed by atoms with E-state index in [-0.39, 0.29) is 4.90 Å². The molecule has 0 fully saturated rings. The molecule has 0 aliphatic carbocycles. The summed E-state index contributed by atoms with van der Waals surface area (Å²) in [6.07, 6.45) is 1.51. The maximum Gasteiger partial charge on any atom is 0.188 e. The summed E-state index contributed by atoms with van der Waals surface area (Å²) < 4.78 is 20.0. The zero-order valence-corrected chi connectivity index (χ0v) is 8.55. The molecule has 1 N–H and O–H groups in total. The Morgan fingerprint density at radius 1 is 1.36 bits per heavy atom. The second kappa shape index (κ2) is 3.65. The number of hydrogen-bond acceptors (Lipinski definition) is 2. The summed E-state index contributed by atoms with van der Waals surface area (Å²) in [4.78, 5) is 4.31. The van der Waals surface area contributed by atoms with Crippen LogP contribution in [0.3, 0.4) is 0 Å². The van der Waals surface area contributed by atoms with E-state index in [4.69, 9.17) is 16.2 Å². The number of pyridine rings is 1. The highest BCUT2D eigenvalue weighted by atomic mass is 35.5. The first-order valence-corrected chi connectivity index (χ1v) is 5.32. The van der Waals surface area contributed by atoms with Gasteiger partial charge in [-0.3, -0.25) is 4.98 Å². The van der Waals surface area contributed by atoms with Crippen molar-refractivity contribution in [3.8, 4) is 0 Å². The normalized spacial score (nSPS) is 13.0. The molecule has 1 heterocycles. The monoisotopic (exact) mass is 227 g/mol. The Labute approximate surface area is 88.0 Å². The fraction of sp³-hybridized carbons (Fsp3) is 0. The van der Waals surface area contributed by atoms with E-state index in [1.807, 2.05) is 0 Å². The second-order valence-corrected chi connectivity index (χ2v) is 4.04. The molecule has 3 nitrogen and oxygen atoms in total. The van der Waals surface area contributed by atoms with Crippen LogP contribution < -0.4 is 0 Å². The second-order valence-electron chi connectivity index (χ2n) is 2.69. The zero-order valence-electron chi connectivity index (χ0n) is 6.98. The lowest BCUT2D eigenvalue weighted by Crippen LogP contribution is -1.91. The molecular weight excluding hydrogens is 222 g/mol. The summed E-state index contributed by atoms with van der Waals surface area (Å²) in [6, 6.07) is 6.65. The summed E-state index contributed by atoms with van der Waals surface area (Å²) in [6.45, 7) is 0. The third-order valence-electron chi connectivity index (χ3n) is 1.87. The molecule has 0 saturated heterocycles. The Morgan fingerprint density at radius 3 is 2.86 bits per heavy atom. The Kier molecular flexibility index (Phi) is 2.50. The smallest absolute Gasteiger partial charge is 0.188 e. The number of nitrogens with zero attached hydrogens (tertiary/aromatic N) is 1. The summed E-state index contributed by atoms with van der Waals surface area (Å²) in [5, 5.41) is 1.22. The molecule has 0 amide bonds. The van der Waals surface area contributed by atoms with Crippen LogP contribution >= 0.6 is 11.6 Å². The number of hydrogen-bond donors (Lipinski definition) is 1. The van der Waals surface area contributed by atoms with Gasteiger partial charge in [0.2, 0.25) is 0 Å². The first kappa shape index (κ1) is 9.58. The first-order chi connectivity index (χ1) is 6.70. The minimum atomic E-state index is -2.03. The largest absolute Gasteiger partial charge is 0.302 e. The fourth-order valence-electron chi connectivity index (χ4n) is 1.26. The van der Waals surface area contributed by atoms with Crippen LogP contribution in [0.25, 0.3) is 10.9 Å². The van der Waals surface area contributed by atoms with E-state index in [1.165, 1.54) is 6.20 Å².